The molecular weight excluding hydrogens is 566 g/mol. The Hall–Kier alpha value is -1.79. The normalized spacial score (nSPS) is 12.4. The Labute approximate surface area is 229 Å². The second-order valence-electron chi connectivity index (χ2n) is 7.94. The van der Waals surface area contributed by atoms with E-state index in [1.54, 1.807) is 0 Å². The lowest BCUT2D eigenvalue weighted by atomic mass is 10.1. The van der Waals surface area contributed by atoms with E-state index in [2.05, 4.69) is 0 Å². The van der Waals surface area contributed by atoms with E-state index in [0.717, 1.165) is 35.4 Å². The SMILES string of the molecule is CCOC(OCC)O[SiH2]Cc1ccc(C(F)(F)F)cc1.CO[SiH](OC)OCCCc1ccc(C(F)(F)F)cc1. The maximum atomic E-state index is 12.4. The zero-order valence-corrected chi connectivity index (χ0v) is 25.0. The van der Waals surface area contributed by atoms with Gasteiger partial charge >= 0.3 is 21.9 Å². The van der Waals surface area contributed by atoms with Gasteiger partial charge in [0.05, 0.1) is 11.1 Å². The van der Waals surface area contributed by atoms with E-state index in [9.17, 15) is 26.3 Å². The first-order valence-corrected chi connectivity index (χ1v) is 15.3. The smallest absolute Gasteiger partial charge is 0.379 e. The lowest BCUT2D eigenvalue weighted by molar-refractivity contribution is -0.243. The van der Waals surface area contributed by atoms with Crippen molar-refractivity contribution in [3.8, 4) is 0 Å². The molecule has 0 aliphatic rings. The van der Waals surface area contributed by atoms with E-state index in [1.807, 2.05) is 13.8 Å². The molecule has 2 aromatic rings. The summed E-state index contributed by atoms with van der Waals surface area (Å²) < 4.78 is 105. The van der Waals surface area contributed by atoms with Gasteiger partial charge in [-0.05, 0) is 68.1 Å². The topological polar surface area (TPSA) is 55.4 Å². The molecule has 2 rings (SSSR count). The number of hydrogen-bond acceptors (Lipinski definition) is 6. The van der Waals surface area contributed by atoms with Gasteiger partial charge < -0.3 is 27.2 Å². The van der Waals surface area contributed by atoms with Crippen molar-refractivity contribution in [1.29, 1.82) is 0 Å². The predicted molar refractivity (Wildman–Crippen MR) is 139 cm³/mol. The van der Waals surface area contributed by atoms with E-state index in [1.165, 1.54) is 38.5 Å². The van der Waals surface area contributed by atoms with Crippen LogP contribution < -0.4 is 0 Å². The minimum atomic E-state index is -4.29. The van der Waals surface area contributed by atoms with Crippen LogP contribution in [0.4, 0.5) is 26.3 Å². The van der Waals surface area contributed by atoms with Gasteiger partial charge in [0.25, 0.3) is 6.48 Å². The Morgan fingerprint density at radius 2 is 1.21 bits per heavy atom. The molecule has 39 heavy (non-hydrogen) atoms. The van der Waals surface area contributed by atoms with Gasteiger partial charge in [-0.15, -0.1) is 0 Å². The van der Waals surface area contributed by atoms with Crippen LogP contribution in [0.5, 0.6) is 0 Å². The van der Waals surface area contributed by atoms with Crippen LogP contribution in [0.2, 0.25) is 0 Å². The summed E-state index contributed by atoms with van der Waals surface area (Å²) in [5.41, 5.74) is 0.421. The highest BCUT2D eigenvalue weighted by molar-refractivity contribution is 6.36. The molecule has 0 saturated carbocycles. The number of halogens is 6. The lowest BCUT2D eigenvalue weighted by Crippen LogP contribution is -2.24. The van der Waals surface area contributed by atoms with Gasteiger partial charge in [-0.25, -0.2) is 0 Å². The number of benzene rings is 2. The molecule has 0 aliphatic carbocycles. The summed E-state index contributed by atoms with van der Waals surface area (Å²) in [6.45, 7) is 4.46. The van der Waals surface area contributed by atoms with E-state index in [4.69, 9.17) is 27.2 Å². The molecule has 0 heterocycles. The Morgan fingerprint density at radius 1 is 0.744 bits per heavy atom. The van der Waals surface area contributed by atoms with Crippen LogP contribution in [0.1, 0.15) is 42.5 Å². The standard InChI is InChI=1S/C13H19F3O3Si.C12H17F3O3Si/c1-3-17-12(18-4-2)19-20-9-10-5-7-11(8-6-10)13(14,15)16;1-16-19(17-2)18-9-3-4-10-5-7-11(8-6-10)12(13,14)15/h5-8,12H,3-4,9,20H2,1-2H3;5-8,19H,3-4,9H2,1-2H3. The van der Waals surface area contributed by atoms with E-state index < -0.39 is 49.2 Å². The summed E-state index contributed by atoms with van der Waals surface area (Å²) >= 11 is 0. The highest BCUT2D eigenvalue weighted by Crippen LogP contribution is 2.30. The number of alkyl halides is 6. The van der Waals surface area contributed by atoms with Crippen molar-refractivity contribution in [3.63, 3.8) is 0 Å². The molecule has 6 nitrogen and oxygen atoms in total. The molecule has 0 spiro atoms. The fourth-order valence-corrected chi connectivity index (χ4v) is 4.99. The first-order valence-electron chi connectivity index (χ1n) is 12.3. The minimum absolute atomic E-state index is 0.472. The van der Waals surface area contributed by atoms with Crippen LogP contribution in [0, 0.1) is 0 Å². The van der Waals surface area contributed by atoms with Gasteiger partial charge in [-0.2, -0.15) is 26.3 Å². The molecule has 14 heteroatoms. The van der Waals surface area contributed by atoms with Crippen molar-refractivity contribution < 1.29 is 53.5 Å². The van der Waals surface area contributed by atoms with Crippen LogP contribution in [0.25, 0.3) is 0 Å². The third kappa shape index (κ3) is 15.0. The second kappa shape index (κ2) is 18.5. The predicted octanol–water partition coefficient (Wildman–Crippen LogP) is 5.33. The molecule has 0 N–H and O–H groups in total. The molecule has 0 amide bonds. The maximum absolute atomic E-state index is 12.4. The monoisotopic (exact) mass is 602 g/mol. The zero-order valence-electron chi connectivity index (χ0n) is 22.4. The van der Waals surface area contributed by atoms with Crippen LogP contribution in [-0.2, 0) is 52.0 Å². The zero-order chi connectivity index (χ0) is 29.3. The fraction of sp³-hybridized carbons (Fsp3) is 0.520. The fourth-order valence-electron chi connectivity index (χ4n) is 3.10. The van der Waals surface area contributed by atoms with Gasteiger partial charge in [0.2, 0.25) is 0 Å². The van der Waals surface area contributed by atoms with E-state index >= 15 is 0 Å². The molecule has 0 saturated heterocycles. The molecule has 0 bridgehead atoms. The summed E-state index contributed by atoms with van der Waals surface area (Å²) in [6.07, 6.45) is -7.20. The van der Waals surface area contributed by atoms with Crippen molar-refractivity contribution in [1.82, 2.24) is 0 Å². The number of hydrogen-bond donors (Lipinski definition) is 0. The first-order chi connectivity index (χ1) is 18.4. The highest BCUT2D eigenvalue weighted by Gasteiger charge is 2.30. The summed E-state index contributed by atoms with van der Waals surface area (Å²) in [5.74, 6) is 0. The Kier molecular flexibility index (Phi) is 16.8. The van der Waals surface area contributed by atoms with Crippen LogP contribution >= 0.6 is 0 Å². The van der Waals surface area contributed by atoms with Crippen molar-refractivity contribution >= 4 is 19.3 Å². The average Bonchev–Trinajstić information content (AvgIpc) is 2.89. The molecule has 0 unspecified atom stereocenters. The molecule has 222 valence electrons. The summed E-state index contributed by atoms with van der Waals surface area (Å²) in [7, 11) is 0.0981. The van der Waals surface area contributed by atoms with Gasteiger partial charge in [0, 0.05) is 34.0 Å². The van der Waals surface area contributed by atoms with E-state index in [-0.39, 0.29) is 0 Å². The van der Waals surface area contributed by atoms with Crippen LogP contribution in [0.3, 0.4) is 0 Å². The van der Waals surface area contributed by atoms with Gasteiger partial charge in [0.1, 0.15) is 0 Å². The summed E-state index contributed by atoms with van der Waals surface area (Å²) in [4.78, 5) is 0. The molecule has 0 aromatic heterocycles. The summed E-state index contributed by atoms with van der Waals surface area (Å²) in [5, 5.41) is 0. The second-order valence-corrected chi connectivity index (χ2v) is 11.0. The Morgan fingerprint density at radius 3 is 1.62 bits per heavy atom. The first kappa shape index (κ1) is 35.2. The molecular formula is C25H36F6O6Si2. The van der Waals surface area contributed by atoms with Gasteiger partial charge in [-0.3, -0.25) is 0 Å². The van der Waals surface area contributed by atoms with E-state index in [0.29, 0.717) is 38.7 Å². The van der Waals surface area contributed by atoms with Crippen LogP contribution in [0.15, 0.2) is 48.5 Å². The number of ether oxygens (including phenoxy) is 2. The number of rotatable bonds is 15. The molecule has 2 aromatic carbocycles. The number of aryl methyl sites for hydroxylation is 1. The van der Waals surface area contributed by atoms with Crippen LogP contribution in [-0.4, -0.2) is 59.8 Å². The van der Waals surface area contributed by atoms with Crippen molar-refractivity contribution in [2.75, 3.05) is 34.0 Å². The lowest BCUT2D eigenvalue weighted by Gasteiger charge is -2.17. The largest absolute Gasteiger partial charge is 0.483 e. The van der Waals surface area contributed by atoms with Crippen molar-refractivity contribution in [3.05, 3.63) is 70.8 Å². The molecule has 0 aliphatic heterocycles. The maximum Gasteiger partial charge on any atom is 0.483 e. The molecule has 0 atom stereocenters. The third-order valence-corrected chi connectivity index (χ3v) is 7.63. The Bertz CT molecular complexity index is 888. The average molecular weight is 603 g/mol. The minimum Gasteiger partial charge on any atom is -0.379 e. The molecule has 0 radical (unpaired) electrons. The van der Waals surface area contributed by atoms with Crippen molar-refractivity contribution in [2.45, 2.75) is 51.6 Å². The highest BCUT2D eigenvalue weighted by atomic mass is 28.3. The third-order valence-electron chi connectivity index (χ3n) is 5.06. The van der Waals surface area contributed by atoms with Crippen molar-refractivity contribution in [2.24, 2.45) is 0 Å². The molecule has 0 fully saturated rings. The Balaban J connectivity index is 0.000000391. The van der Waals surface area contributed by atoms with Gasteiger partial charge in [0.15, 0.2) is 9.76 Å². The quantitative estimate of drug-likeness (QED) is 0.119. The summed E-state index contributed by atoms with van der Waals surface area (Å²) in [6, 6.07) is 10.9. The van der Waals surface area contributed by atoms with Gasteiger partial charge in [-0.1, -0.05) is 24.3 Å².